The van der Waals surface area contributed by atoms with Gasteiger partial charge in [-0.3, -0.25) is 20.2 Å². The average molecular weight is 549 g/mol. The summed E-state index contributed by atoms with van der Waals surface area (Å²) < 4.78 is 10.7. The van der Waals surface area contributed by atoms with Crippen LogP contribution in [-0.4, -0.2) is 72.4 Å². The molecule has 0 atom stereocenters. The number of nitrogens with one attached hydrogen (secondary N) is 1. The summed E-state index contributed by atoms with van der Waals surface area (Å²) in [6.45, 7) is 6.36. The number of nitrogens with zero attached hydrogens (tertiary/aromatic N) is 7. The van der Waals surface area contributed by atoms with Gasteiger partial charge in [0.1, 0.15) is 12.1 Å². The summed E-state index contributed by atoms with van der Waals surface area (Å²) in [5.41, 5.74) is -0.224. The molecule has 0 radical (unpaired) electrons. The summed E-state index contributed by atoms with van der Waals surface area (Å²) in [5.74, 6) is 0. The molecule has 35 heavy (non-hydrogen) atoms. The van der Waals surface area contributed by atoms with E-state index in [0.29, 0.717) is 36.5 Å². The second-order valence-corrected chi connectivity index (χ2v) is 7.70. The maximum atomic E-state index is 10.8. The van der Waals surface area contributed by atoms with E-state index in [1.54, 1.807) is 12.1 Å². The zero-order valence-corrected chi connectivity index (χ0v) is 20.0. The van der Waals surface area contributed by atoms with Crippen LogP contribution in [0.5, 0.6) is 0 Å². The van der Waals surface area contributed by atoms with E-state index in [-0.39, 0.29) is 22.8 Å². The van der Waals surface area contributed by atoms with Crippen molar-refractivity contribution < 1.29 is 19.3 Å². The fourth-order valence-electron chi connectivity index (χ4n) is 2.83. The fourth-order valence-corrected chi connectivity index (χ4v) is 3.15. The molecule has 0 spiro atoms. The fraction of sp³-hybridized carbons (Fsp3) is 0.400. The predicted molar refractivity (Wildman–Crippen MR) is 126 cm³/mol. The highest BCUT2D eigenvalue weighted by Crippen LogP contribution is 2.23. The van der Waals surface area contributed by atoms with Crippen molar-refractivity contribution in [2.75, 3.05) is 57.5 Å². The summed E-state index contributed by atoms with van der Waals surface area (Å²) in [5, 5.41) is 41.4. The molecule has 0 bridgehead atoms. The van der Waals surface area contributed by atoms with Crippen LogP contribution in [0.4, 0.5) is 17.1 Å². The Labute approximate surface area is 208 Å². The summed E-state index contributed by atoms with van der Waals surface area (Å²) in [4.78, 5) is 29.2. The molecule has 0 aromatic carbocycles. The number of hydrogen-bond acceptors (Lipinski definition) is 12. The van der Waals surface area contributed by atoms with Crippen molar-refractivity contribution in [3.8, 4) is 12.1 Å². The lowest BCUT2D eigenvalue weighted by atomic mass is 10.2. The van der Waals surface area contributed by atoms with E-state index < -0.39 is 9.85 Å². The van der Waals surface area contributed by atoms with Crippen LogP contribution >= 0.6 is 15.9 Å². The molecule has 2 aromatic heterocycles. The number of nitro groups is 2. The Balaban J connectivity index is 0.000000207. The molecule has 2 aliphatic rings. The minimum absolute atomic E-state index is 0.160. The quantitative estimate of drug-likeness (QED) is 0.432. The molecule has 4 heterocycles. The summed E-state index contributed by atoms with van der Waals surface area (Å²) in [6, 6.07) is 5.97. The van der Waals surface area contributed by atoms with Crippen LogP contribution in [0.2, 0.25) is 0 Å². The largest absolute Gasteiger partial charge is 0.379 e. The molecular formula is C20H21BrN8O6. The number of morpholine rings is 2. The molecule has 14 nitrogen and oxygen atoms in total. The van der Waals surface area contributed by atoms with Gasteiger partial charge in [0, 0.05) is 49.0 Å². The molecule has 1 N–H and O–H groups in total. The van der Waals surface area contributed by atoms with Gasteiger partial charge in [0.15, 0.2) is 0 Å². The third kappa shape index (κ3) is 8.84. The van der Waals surface area contributed by atoms with Crippen molar-refractivity contribution in [3.05, 3.63) is 60.6 Å². The highest BCUT2D eigenvalue weighted by Gasteiger charge is 2.19. The number of halogens is 1. The maximum absolute atomic E-state index is 10.8. The third-order valence-corrected chi connectivity index (χ3v) is 4.95. The van der Waals surface area contributed by atoms with Crippen LogP contribution in [0.1, 0.15) is 11.4 Å². The number of aromatic nitrogens is 2. The van der Waals surface area contributed by atoms with E-state index in [0.717, 1.165) is 26.3 Å². The Hall–Kier alpha value is -3.76. The molecule has 2 saturated heterocycles. The first-order chi connectivity index (χ1) is 16.9. The number of hydrogen-bond donors (Lipinski definition) is 1. The zero-order valence-electron chi connectivity index (χ0n) is 18.4. The van der Waals surface area contributed by atoms with Crippen molar-refractivity contribution in [3.63, 3.8) is 0 Å². The van der Waals surface area contributed by atoms with Gasteiger partial charge in [0.25, 0.3) is 0 Å². The minimum atomic E-state index is -0.643. The Bertz CT molecular complexity index is 1100. The van der Waals surface area contributed by atoms with Gasteiger partial charge in [0.2, 0.25) is 11.4 Å². The monoisotopic (exact) mass is 548 g/mol. The molecule has 4 rings (SSSR count). The van der Waals surface area contributed by atoms with E-state index in [4.69, 9.17) is 20.0 Å². The van der Waals surface area contributed by atoms with Gasteiger partial charge in [-0.25, -0.2) is 9.97 Å². The van der Waals surface area contributed by atoms with E-state index in [1.807, 2.05) is 4.90 Å². The zero-order chi connectivity index (χ0) is 25.6. The van der Waals surface area contributed by atoms with Crippen LogP contribution in [0, 0.1) is 42.9 Å². The van der Waals surface area contributed by atoms with Crippen molar-refractivity contribution in [2.24, 2.45) is 0 Å². The first kappa shape index (κ1) is 27.5. The smallest absolute Gasteiger partial charge is 0.307 e. The Morgan fingerprint density at radius 3 is 1.89 bits per heavy atom. The lowest BCUT2D eigenvalue weighted by Gasteiger charge is -2.28. The summed E-state index contributed by atoms with van der Waals surface area (Å²) in [7, 11) is 0. The van der Waals surface area contributed by atoms with Crippen molar-refractivity contribution in [2.45, 2.75) is 0 Å². The van der Waals surface area contributed by atoms with Crippen molar-refractivity contribution >= 4 is 33.0 Å². The Kier molecular flexibility index (Phi) is 11.4. The molecule has 15 heteroatoms. The molecular weight excluding hydrogens is 528 g/mol. The van der Waals surface area contributed by atoms with E-state index in [2.05, 4.69) is 31.2 Å². The lowest BCUT2D eigenvalue weighted by molar-refractivity contribution is -0.385. The van der Waals surface area contributed by atoms with Gasteiger partial charge in [-0.1, -0.05) is 0 Å². The SMILES string of the molecule is C1COCCN1.N#Cc1ncc(Br)cc1[N+](=O)[O-].N#Cc1ncc(N2CCOCC2)cc1[N+](=O)[O-]. The summed E-state index contributed by atoms with van der Waals surface area (Å²) in [6.07, 6.45) is 2.82. The third-order valence-electron chi connectivity index (χ3n) is 4.52. The second-order valence-electron chi connectivity index (χ2n) is 6.78. The molecule has 0 amide bonds. The standard InChI is InChI=1S/C10H10N4O3.C6H2BrN3O2.C4H9NO/c11-6-9-10(14(15)16)5-8(7-12-9)13-1-3-17-4-2-13;7-4-1-6(10(11)12)5(2-8)9-3-4;1-3-6-4-2-5-1/h5,7H,1-4H2;1,3H;5H,1-4H2. The van der Waals surface area contributed by atoms with Gasteiger partial charge in [-0.15, -0.1) is 0 Å². The van der Waals surface area contributed by atoms with Gasteiger partial charge >= 0.3 is 11.4 Å². The van der Waals surface area contributed by atoms with Gasteiger partial charge in [-0.05, 0) is 15.9 Å². The number of rotatable bonds is 3. The molecule has 2 aromatic rings. The molecule has 184 valence electrons. The van der Waals surface area contributed by atoms with E-state index in [1.165, 1.54) is 24.5 Å². The molecule has 0 saturated carbocycles. The first-order valence-corrected chi connectivity index (χ1v) is 11.0. The minimum Gasteiger partial charge on any atom is -0.379 e. The van der Waals surface area contributed by atoms with Gasteiger partial charge in [0.05, 0.1) is 48.2 Å². The van der Waals surface area contributed by atoms with E-state index in [9.17, 15) is 20.2 Å². The lowest BCUT2D eigenvalue weighted by Crippen LogP contribution is -2.36. The topological polar surface area (TPSA) is 193 Å². The Morgan fingerprint density at radius 2 is 1.43 bits per heavy atom. The second kappa shape index (κ2) is 14.5. The normalized spacial score (nSPS) is 14.7. The van der Waals surface area contributed by atoms with E-state index >= 15 is 0 Å². The Morgan fingerprint density at radius 1 is 0.914 bits per heavy atom. The van der Waals surface area contributed by atoms with Crippen LogP contribution in [0.25, 0.3) is 0 Å². The van der Waals surface area contributed by atoms with Gasteiger partial charge in [-0.2, -0.15) is 10.5 Å². The van der Waals surface area contributed by atoms with Crippen molar-refractivity contribution in [1.29, 1.82) is 10.5 Å². The first-order valence-electron chi connectivity index (χ1n) is 10.2. The van der Waals surface area contributed by atoms with Crippen LogP contribution in [0.15, 0.2) is 29.0 Å². The number of pyridine rings is 2. The highest BCUT2D eigenvalue weighted by molar-refractivity contribution is 9.10. The number of nitriles is 2. The number of ether oxygens (including phenoxy) is 2. The summed E-state index contributed by atoms with van der Waals surface area (Å²) >= 11 is 3.02. The van der Waals surface area contributed by atoms with Crippen LogP contribution in [-0.2, 0) is 9.47 Å². The molecule has 0 aliphatic carbocycles. The van der Waals surface area contributed by atoms with Crippen molar-refractivity contribution in [1.82, 2.24) is 15.3 Å². The average Bonchev–Trinajstić information content (AvgIpc) is 2.90. The predicted octanol–water partition coefficient (Wildman–Crippen LogP) is 1.93. The molecule has 2 aliphatic heterocycles. The van der Waals surface area contributed by atoms with Crippen LogP contribution in [0.3, 0.4) is 0 Å². The molecule has 2 fully saturated rings. The molecule has 0 unspecified atom stereocenters. The highest BCUT2D eigenvalue weighted by atomic mass is 79.9. The number of anilines is 1. The maximum Gasteiger partial charge on any atom is 0.307 e. The van der Waals surface area contributed by atoms with Gasteiger partial charge < -0.3 is 19.7 Å². The van der Waals surface area contributed by atoms with Crippen LogP contribution < -0.4 is 10.2 Å².